The Bertz CT molecular complexity index is 944. The topological polar surface area (TPSA) is 112 Å². The van der Waals surface area contributed by atoms with Crippen LogP contribution in [0.5, 0.6) is 11.5 Å². The van der Waals surface area contributed by atoms with Gasteiger partial charge in [-0.05, 0) is 43.3 Å². The molecular formula is C20H23ClN4O4. The standard InChI is InChI=1S/C20H22N4O4.ClH/c1-3-27-14-6-4-13(5-7-14)20-23-19(28-24-20)11-10-18(25)22-17-12-15(26-2)8-9-16(17)21;/h4-9,12H,3,10-11,21H2,1-2H3,(H,22,25);1H. The minimum atomic E-state index is -0.208. The lowest BCUT2D eigenvalue weighted by atomic mass is 10.2. The lowest BCUT2D eigenvalue weighted by Crippen LogP contribution is -2.13. The minimum absolute atomic E-state index is 0. The zero-order valence-electron chi connectivity index (χ0n) is 16.2. The number of hydrogen-bond acceptors (Lipinski definition) is 7. The molecule has 0 atom stereocenters. The van der Waals surface area contributed by atoms with E-state index in [1.54, 1.807) is 25.3 Å². The van der Waals surface area contributed by atoms with Crippen LogP contribution in [0.25, 0.3) is 11.4 Å². The molecule has 1 amide bonds. The summed E-state index contributed by atoms with van der Waals surface area (Å²) in [5.74, 6) is 2.04. The second-order valence-corrected chi connectivity index (χ2v) is 5.97. The summed E-state index contributed by atoms with van der Waals surface area (Å²) in [4.78, 5) is 16.5. The highest BCUT2D eigenvalue weighted by Crippen LogP contribution is 2.25. The van der Waals surface area contributed by atoms with E-state index in [4.69, 9.17) is 19.7 Å². The predicted octanol–water partition coefficient (Wildman–Crippen LogP) is 3.72. The van der Waals surface area contributed by atoms with Gasteiger partial charge in [-0.15, -0.1) is 12.4 Å². The van der Waals surface area contributed by atoms with Crippen molar-refractivity contribution < 1.29 is 18.8 Å². The molecule has 1 aromatic heterocycles. The highest BCUT2D eigenvalue weighted by atomic mass is 35.5. The van der Waals surface area contributed by atoms with Crippen LogP contribution in [0, 0.1) is 0 Å². The predicted molar refractivity (Wildman–Crippen MR) is 113 cm³/mol. The van der Waals surface area contributed by atoms with E-state index in [2.05, 4.69) is 15.5 Å². The SMILES string of the molecule is CCOc1ccc(-c2noc(CCC(=O)Nc3cc(OC)ccc3N)n2)cc1.Cl. The van der Waals surface area contributed by atoms with Crippen molar-refractivity contribution in [3.05, 3.63) is 48.4 Å². The van der Waals surface area contributed by atoms with Gasteiger partial charge in [0.1, 0.15) is 11.5 Å². The number of hydrogen-bond donors (Lipinski definition) is 2. The molecule has 0 saturated carbocycles. The number of amides is 1. The largest absolute Gasteiger partial charge is 0.497 e. The van der Waals surface area contributed by atoms with Crippen molar-refractivity contribution in [3.8, 4) is 22.9 Å². The van der Waals surface area contributed by atoms with Crippen molar-refractivity contribution in [3.63, 3.8) is 0 Å². The van der Waals surface area contributed by atoms with E-state index >= 15 is 0 Å². The molecule has 1 heterocycles. The van der Waals surface area contributed by atoms with Crippen LogP contribution in [0.2, 0.25) is 0 Å². The second kappa shape index (κ2) is 10.3. The molecular weight excluding hydrogens is 396 g/mol. The van der Waals surface area contributed by atoms with Crippen LogP contribution in [0.1, 0.15) is 19.2 Å². The third-order valence-electron chi connectivity index (χ3n) is 3.99. The van der Waals surface area contributed by atoms with Crippen LogP contribution in [0.3, 0.4) is 0 Å². The molecule has 2 aromatic carbocycles. The summed E-state index contributed by atoms with van der Waals surface area (Å²) in [5.41, 5.74) is 7.66. The summed E-state index contributed by atoms with van der Waals surface area (Å²) >= 11 is 0. The van der Waals surface area contributed by atoms with Gasteiger partial charge >= 0.3 is 0 Å². The number of nitrogens with two attached hydrogens (primary N) is 1. The Kier molecular flexibility index (Phi) is 7.85. The number of carbonyl (C=O) groups excluding carboxylic acids is 1. The first-order chi connectivity index (χ1) is 13.6. The Morgan fingerprint density at radius 1 is 1.17 bits per heavy atom. The van der Waals surface area contributed by atoms with E-state index < -0.39 is 0 Å². The molecule has 3 aromatic rings. The Morgan fingerprint density at radius 2 is 1.90 bits per heavy atom. The maximum absolute atomic E-state index is 12.2. The molecule has 3 N–H and O–H groups in total. The van der Waals surface area contributed by atoms with Gasteiger partial charge in [0.25, 0.3) is 0 Å². The number of carbonyl (C=O) groups is 1. The molecule has 0 unspecified atom stereocenters. The number of aromatic nitrogens is 2. The zero-order chi connectivity index (χ0) is 19.9. The van der Waals surface area contributed by atoms with Crippen molar-refractivity contribution in [2.75, 3.05) is 24.8 Å². The van der Waals surface area contributed by atoms with Gasteiger partial charge in [0.15, 0.2) is 0 Å². The number of nitrogens with one attached hydrogen (secondary N) is 1. The fourth-order valence-corrected chi connectivity index (χ4v) is 2.54. The van der Waals surface area contributed by atoms with E-state index in [0.717, 1.165) is 11.3 Å². The summed E-state index contributed by atoms with van der Waals surface area (Å²) in [5, 5.41) is 6.73. The molecule has 0 aliphatic heterocycles. The number of methoxy groups -OCH3 is 1. The monoisotopic (exact) mass is 418 g/mol. The number of halogens is 1. The van der Waals surface area contributed by atoms with Crippen molar-refractivity contribution in [1.29, 1.82) is 0 Å². The quantitative estimate of drug-likeness (QED) is 0.536. The lowest BCUT2D eigenvalue weighted by Gasteiger charge is -2.09. The summed E-state index contributed by atoms with van der Waals surface area (Å²) < 4.78 is 15.8. The second-order valence-electron chi connectivity index (χ2n) is 5.97. The molecule has 0 radical (unpaired) electrons. The molecule has 0 fully saturated rings. The van der Waals surface area contributed by atoms with Gasteiger partial charge in [0.05, 0.1) is 25.1 Å². The molecule has 29 heavy (non-hydrogen) atoms. The third kappa shape index (κ3) is 5.86. The summed E-state index contributed by atoms with van der Waals surface area (Å²) in [6.45, 7) is 2.54. The highest BCUT2D eigenvalue weighted by molar-refractivity contribution is 5.94. The van der Waals surface area contributed by atoms with Gasteiger partial charge in [-0.3, -0.25) is 4.79 Å². The van der Waals surface area contributed by atoms with Crippen LogP contribution in [-0.4, -0.2) is 29.8 Å². The Hall–Kier alpha value is -3.26. The fraction of sp³-hybridized carbons (Fsp3) is 0.250. The molecule has 0 saturated heterocycles. The maximum Gasteiger partial charge on any atom is 0.227 e. The van der Waals surface area contributed by atoms with E-state index in [1.165, 1.54) is 0 Å². The van der Waals surface area contributed by atoms with E-state index in [-0.39, 0.29) is 24.7 Å². The normalized spacial score (nSPS) is 10.1. The summed E-state index contributed by atoms with van der Waals surface area (Å²) in [6, 6.07) is 12.5. The van der Waals surface area contributed by atoms with Crippen LogP contribution >= 0.6 is 12.4 Å². The molecule has 0 spiro atoms. The number of anilines is 2. The third-order valence-corrected chi connectivity index (χ3v) is 3.99. The Morgan fingerprint density at radius 3 is 2.59 bits per heavy atom. The van der Waals surface area contributed by atoms with Gasteiger partial charge < -0.3 is 25.0 Å². The molecule has 0 aliphatic rings. The van der Waals surface area contributed by atoms with Crippen molar-refractivity contribution in [2.24, 2.45) is 0 Å². The Balaban J connectivity index is 0.00000300. The first kappa shape index (κ1) is 22.0. The van der Waals surface area contributed by atoms with Gasteiger partial charge in [0.2, 0.25) is 17.6 Å². The minimum Gasteiger partial charge on any atom is -0.497 e. The van der Waals surface area contributed by atoms with Crippen LogP contribution in [0.15, 0.2) is 47.0 Å². The molecule has 154 valence electrons. The molecule has 0 bridgehead atoms. The van der Waals surface area contributed by atoms with Gasteiger partial charge in [0, 0.05) is 24.5 Å². The number of nitrogen functional groups attached to an aromatic ring is 1. The number of nitrogens with zero attached hydrogens (tertiary/aromatic N) is 2. The van der Waals surface area contributed by atoms with Crippen LogP contribution < -0.4 is 20.5 Å². The van der Waals surface area contributed by atoms with Crippen LogP contribution in [-0.2, 0) is 11.2 Å². The molecule has 3 rings (SSSR count). The first-order valence-electron chi connectivity index (χ1n) is 8.88. The summed E-state index contributed by atoms with van der Waals surface area (Å²) in [7, 11) is 1.55. The van der Waals surface area contributed by atoms with E-state index in [0.29, 0.717) is 41.9 Å². The van der Waals surface area contributed by atoms with Crippen LogP contribution in [0.4, 0.5) is 11.4 Å². The lowest BCUT2D eigenvalue weighted by molar-refractivity contribution is -0.116. The average Bonchev–Trinajstić information content (AvgIpc) is 3.18. The van der Waals surface area contributed by atoms with Gasteiger partial charge in [-0.2, -0.15) is 4.98 Å². The number of benzene rings is 2. The van der Waals surface area contributed by atoms with Crippen molar-refractivity contribution >= 4 is 29.7 Å². The number of aryl methyl sites for hydroxylation is 1. The highest BCUT2D eigenvalue weighted by Gasteiger charge is 2.12. The molecule has 0 aliphatic carbocycles. The number of ether oxygens (including phenoxy) is 2. The average molecular weight is 419 g/mol. The van der Waals surface area contributed by atoms with Crippen molar-refractivity contribution in [1.82, 2.24) is 10.1 Å². The maximum atomic E-state index is 12.2. The molecule has 9 heteroatoms. The molecule has 8 nitrogen and oxygen atoms in total. The first-order valence-corrected chi connectivity index (χ1v) is 8.88. The van der Waals surface area contributed by atoms with E-state index in [9.17, 15) is 4.79 Å². The number of rotatable bonds is 8. The zero-order valence-corrected chi connectivity index (χ0v) is 17.0. The van der Waals surface area contributed by atoms with Gasteiger partial charge in [-0.1, -0.05) is 5.16 Å². The smallest absolute Gasteiger partial charge is 0.227 e. The summed E-state index contributed by atoms with van der Waals surface area (Å²) in [6.07, 6.45) is 0.501. The van der Waals surface area contributed by atoms with Crippen molar-refractivity contribution in [2.45, 2.75) is 19.8 Å². The Labute approximate surface area is 174 Å². The van der Waals surface area contributed by atoms with E-state index in [1.807, 2.05) is 31.2 Å². The van der Waals surface area contributed by atoms with Gasteiger partial charge in [-0.25, -0.2) is 0 Å². The fourth-order valence-electron chi connectivity index (χ4n) is 2.54.